The molecule has 0 atom stereocenters. The molecular formula is C8H9BrN2O2. The molecule has 0 aliphatic carbocycles. The summed E-state index contributed by atoms with van der Waals surface area (Å²) < 4.78 is 5.33. The van der Waals surface area contributed by atoms with Gasteiger partial charge in [-0.15, -0.1) is 0 Å². The molecule has 70 valence electrons. The second kappa shape index (κ2) is 4.32. The third kappa shape index (κ3) is 2.77. The lowest BCUT2D eigenvalue weighted by atomic mass is 10.4. The summed E-state index contributed by atoms with van der Waals surface area (Å²) in [6.45, 7) is 1.84. The van der Waals surface area contributed by atoms with Gasteiger partial charge < -0.3 is 4.74 Å². The molecule has 0 saturated carbocycles. The van der Waals surface area contributed by atoms with E-state index in [0.29, 0.717) is 5.82 Å². The Morgan fingerprint density at radius 1 is 1.69 bits per heavy atom. The highest BCUT2D eigenvalue weighted by atomic mass is 79.9. The topological polar surface area (TPSA) is 52.1 Å². The van der Waals surface area contributed by atoms with Crippen molar-refractivity contribution >= 4 is 21.9 Å². The highest BCUT2D eigenvalue weighted by Gasteiger charge is 2.06. The lowest BCUT2D eigenvalue weighted by Gasteiger charge is -2.00. The van der Waals surface area contributed by atoms with E-state index in [1.807, 2.05) is 6.92 Å². The van der Waals surface area contributed by atoms with Crippen molar-refractivity contribution in [1.29, 1.82) is 0 Å². The minimum absolute atomic E-state index is 0.116. The maximum Gasteiger partial charge on any atom is 0.313 e. The molecule has 5 heteroatoms. The van der Waals surface area contributed by atoms with E-state index in [9.17, 15) is 4.79 Å². The fraction of sp³-hybridized carbons (Fsp3) is 0.375. The quantitative estimate of drug-likeness (QED) is 0.736. The van der Waals surface area contributed by atoms with E-state index in [0.717, 1.165) is 10.2 Å². The van der Waals surface area contributed by atoms with Crippen LogP contribution in [0.15, 0.2) is 10.7 Å². The van der Waals surface area contributed by atoms with E-state index in [2.05, 4.69) is 30.6 Å². The summed E-state index contributed by atoms with van der Waals surface area (Å²) in [5, 5.41) is 0. The van der Waals surface area contributed by atoms with Crippen LogP contribution in [0, 0.1) is 6.92 Å². The molecule has 0 spiro atoms. The van der Waals surface area contributed by atoms with Crippen molar-refractivity contribution in [3.05, 3.63) is 22.2 Å². The van der Waals surface area contributed by atoms with Crippen molar-refractivity contribution in [3.63, 3.8) is 0 Å². The molecule has 0 amide bonds. The molecule has 1 heterocycles. The van der Waals surface area contributed by atoms with Crippen LogP contribution >= 0.6 is 15.9 Å². The van der Waals surface area contributed by atoms with Gasteiger partial charge >= 0.3 is 5.97 Å². The van der Waals surface area contributed by atoms with Gasteiger partial charge in [-0.3, -0.25) is 4.79 Å². The first-order valence-corrected chi connectivity index (χ1v) is 4.47. The van der Waals surface area contributed by atoms with Crippen LogP contribution in [-0.2, 0) is 16.0 Å². The molecule has 0 unspecified atom stereocenters. The zero-order chi connectivity index (χ0) is 9.84. The fourth-order valence-electron chi connectivity index (χ4n) is 0.787. The predicted octanol–water partition coefficient (Wildman–Crippen LogP) is 1.26. The van der Waals surface area contributed by atoms with Crippen molar-refractivity contribution < 1.29 is 9.53 Å². The highest BCUT2D eigenvalue weighted by molar-refractivity contribution is 9.10. The molecule has 0 bridgehead atoms. The smallest absolute Gasteiger partial charge is 0.313 e. The summed E-state index contributed by atoms with van der Waals surface area (Å²) in [7, 11) is 1.34. The Bertz CT molecular complexity index is 328. The van der Waals surface area contributed by atoms with Crippen LogP contribution in [0.4, 0.5) is 0 Å². The molecule has 1 aromatic heterocycles. The van der Waals surface area contributed by atoms with Crippen LogP contribution in [0.2, 0.25) is 0 Å². The Morgan fingerprint density at radius 2 is 2.38 bits per heavy atom. The van der Waals surface area contributed by atoms with Crippen molar-refractivity contribution in [2.45, 2.75) is 13.3 Å². The lowest BCUT2D eigenvalue weighted by molar-refractivity contribution is -0.139. The number of carbonyl (C=O) groups excluding carboxylic acids is 1. The largest absolute Gasteiger partial charge is 0.469 e. The second-order valence-electron chi connectivity index (χ2n) is 2.47. The van der Waals surface area contributed by atoms with Crippen LogP contribution in [-0.4, -0.2) is 23.0 Å². The number of nitrogens with zero attached hydrogens (tertiary/aromatic N) is 2. The molecule has 0 saturated heterocycles. The Balaban J connectivity index is 2.79. The number of aryl methyl sites for hydroxylation is 1. The number of esters is 1. The van der Waals surface area contributed by atoms with Gasteiger partial charge in [-0.05, 0) is 22.9 Å². The summed E-state index contributed by atoms with van der Waals surface area (Å²) in [6, 6.07) is 0. The monoisotopic (exact) mass is 244 g/mol. The molecular weight excluding hydrogens is 236 g/mol. The summed E-state index contributed by atoms with van der Waals surface area (Å²) in [5.41, 5.74) is 0.814. The van der Waals surface area contributed by atoms with Crippen LogP contribution < -0.4 is 0 Å². The summed E-state index contributed by atoms with van der Waals surface area (Å²) in [6.07, 6.45) is 1.74. The first kappa shape index (κ1) is 10.1. The van der Waals surface area contributed by atoms with Gasteiger partial charge in [0.25, 0.3) is 0 Å². The standard InChI is InChI=1S/C8H9BrN2O2/c1-5-6(9)4-10-7(11-5)3-8(12)13-2/h4H,3H2,1-2H3. The molecule has 4 nitrogen and oxygen atoms in total. The summed E-state index contributed by atoms with van der Waals surface area (Å²) in [4.78, 5) is 18.9. The number of rotatable bonds is 2. The molecule has 0 radical (unpaired) electrons. The van der Waals surface area contributed by atoms with E-state index >= 15 is 0 Å². The Labute approximate surface area is 84.5 Å². The minimum atomic E-state index is -0.332. The van der Waals surface area contributed by atoms with Gasteiger partial charge in [0.1, 0.15) is 12.2 Å². The number of hydrogen-bond donors (Lipinski definition) is 0. The van der Waals surface area contributed by atoms with Crippen LogP contribution in [0.3, 0.4) is 0 Å². The SMILES string of the molecule is COC(=O)Cc1ncc(Br)c(C)n1. The number of hydrogen-bond acceptors (Lipinski definition) is 4. The number of methoxy groups -OCH3 is 1. The Morgan fingerprint density at radius 3 is 2.92 bits per heavy atom. The lowest BCUT2D eigenvalue weighted by Crippen LogP contribution is -2.08. The molecule has 0 aromatic carbocycles. The predicted molar refractivity (Wildman–Crippen MR) is 50.2 cm³/mol. The van der Waals surface area contributed by atoms with Crippen molar-refractivity contribution in [2.24, 2.45) is 0 Å². The molecule has 0 aliphatic heterocycles. The van der Waals surface area contributed by atoms with Gasteiger partial charge in [0.15, 0.2) is 0 Å². The van der Waals surface area contributed by atoms with Gasteiger partial charge in [-0.25, -0.2) is 9.97 Å². The normalized spacial score (nSPS) is 9.77. The zero-order valence-electron chi connectivity index (χ0n) is 7.37. The van der Waals surface area contributed by atoms with Crippen LogP contribution in [0.5, 0.6) is 0 Å². The third-order valence-corrected chi connectivity index (χ3v) is 2.28. The van der Waals surface area contributed by atoms with Gasteiger partial charge in [0.2, 0.25) is 0 Å². The second-order valence-corrected chi connectivity index (χ2v) is 3.33. The summed E-state index contributed by atoms with van der Waals surface area (Å²) in [5.74, 6) is 0.147. The minimum Gasteiger partial charge on any atom is -0.469 e. The summed E-state index contributed by atoms with van der Waals surface area (Å²) >= 11 is 3.27. The first-order valence-electron chi connectivity index (χ1n) is 3.68. The van der Waals surface area contributed by atoms with E-state index in [1.54, 1.807) is 6.20 Å². The Hall–Kier alpha value is -0.970. The van der Waals surface area contributed by atoms with Gasteiger partial charge in [0.05, 0.1) is 17.3 Å². The van der Waals surface area contributed by atoms with E-state index < -0.39 is 0 Å². The van der Waals surface area contributed by atoms with E-state index in [4.69, 9.17) is 0 Å². The van der Waals surface area contributed by atoms with Gasteiger partial charge in [0, 0.05) is 6.20 Å². The highest BCUT2D eigenvalue weighted by Crippen LogP contribution is 2.11. The molecule has 0 aliphatic rings. The fourth-order valence-corrected chi connectivity index (χ4v) is 0.978. The maximum absolute atomic E-state index is 10.9. The molecule has 1 rings (SSSR count). The number of aromatic nitrogens is 2. The van der Waals surface area contributed by atoms with Gasteiger partial charge in [-0.1, -0.05) is 0 Å². The van der Waals surface area contributed by atoms with Crippen molar-refractivity contribution in [1.82, 2.24) is 9.97 Å². The van der Waals surface area contributed by atoms with Crippen LogP contribution in [0.1, 0.15) is 11.5 Å². The van der Waals surface area contributed by atoms with Gasteiger partial charge in [-0.2, -0.15) is 0 Å². The molecule has 0 N–H and O–H groups in total. The third-order valence-electron chi connectivity index (χ3n) is 1.50. The number of ether oxygens (including phenoxy) is 1. The maximum atomic E-state index is 10.9. The molecule has 0 fully saturated rings. The zero-order valence-corrected chi connectivity index (χ0v) is 8.96. The van der Waals surface area contributed by atoms with Crippen molar-refractivity contribution in [3.8, 4) is 0 Å². The van der Waals surface area contributed by atoms with Crippen molar-refractivity contribution in [2.75, 3.05) is 7.11 Å². The average Bonchev–Trinajstić information content (AvgIpc) is 2.11. The molecule has 1 aromatic rings. The van der Waals surface area contributed by atoms with E-state index in [1.165, 1.54) is 7.11 Å². The Kier molecular flexibility index (Phi) is 3.36. The molecule has 13 heavy (non-hydrogen) atoms. The van der Waals surface area contributed by atoms with E-state index in [-0.39, 0.29) is 12.4 Å². The number of carbonyl (C=O) groups is 1. The number of halogens is 1. The average molecular weight is 245 g/mol. The first-order chi connectivity index (χ1) is 6.13. The van der Waals surface area contributed by atoms with Crippen LogP contribution in [0.25, 0.3) is 0 Å².